The number of unbranched alkanes of at least 4 members (excludes halogenated alkanes) is 6. The maximum absolute atomic E-state index is 3.90. The standard InChI is InChI=1S/C18H37N/c1-3-5-7-9-15-18(17-13-10-11-14-17)19-16-12-8-6-4-2/h17-19H,3-16H2,1-2H3. The van der Waals surface area contributed by atoms with E-state index < -0.39 is 0 Å². The lowest BCUT2D eigenvalue weighted by molar-refractivity contribution is 0.328. The van der Waals surface area contributed by atoms with Crippen LogP contribution in [-0.4, -0.2) is 12.6 Å². The molecule has 19 heavy (non-hydrogen) atoms. The first-order valence-corrected chi connectivity index (χ1v) is 9.11. The summed E-state index contributed by atoms with van der Waals surface area (Å²) in [6.07, 6.45) is 18.6. The minimum atomic E-state index is 0.834. The molecule has 1 N–H and O–H groups in total. The zero-order valence-electron chi connectivity index (χ0n) is 13.6. The van der Waals surface area contributed by atoms with Gasteiger partial charge in [0, 0.05) is 6.04 Å². The van der Waals surface area contributed by atoms with E-state index in [1.54, 1.807) is 0 Å². The van der Waals surface area contributed by atoms with Crippen molar-refractivity contribution in [1.82, 2.24) is 5.32 Å². The molecule has 1 rings (SSSR count). The predicted octanol–water partition coefficient (Wildman–Crippen LogP) is 5.69. The minimum Gasteiger partial charge on any atom is -0.314 e. The van der Waals surface area contributed by atoms with E-state index >= 15 is 0 Å². The van der Waals surface area contributed by atoms with Gasteiger partial charge in [0.25, 0.3) is 0 Å². The fraction of sp³-hybridized carbons (Fsp3) is 1.00. The Bertz CT molecular complexity index is 184. The Labute approximate surface area is 121 Å². The van der Waals surface area contributed by atoms with Gasteiger partial charge in [0.2, 0.25) is 0 Å². The molecule has 1 nitrogen and oxygen atoms in total. The molecule has 0 bridgehead atoms. The molecule has 1 aliphatic rings. The molecule has 0 aromatic heterocycles. The van der Waals surface area contributed by atoms with E-state index in [9.17, 15) is 0 Å². The molecule has 0 aliphatic heterocycles. The Kier molecular flexibility index (Phi) is 10.5. The number of nitrogens with one attached hydrogen (secondary N) is 1. The summed E-state index contributed by atoms with van der Waals surface area (Å²) < 4.78 is 0. The summed E-state index contributed by atoms with van der Waals surface area (Å²) in [6, 6.07) is 0.834. The summed E-state index contributed by atoms with van der Waals surface area (Å²) in [7, 11) is 0. The third kappa shape index (κ3) is 7.97. The highest BCUT2D eigenvalue weighted by Crippen LogP contribution is 2.30. The van der Waals surface area contributed by atoms with Crippen LogP contribution >= 0.6 is 0 Å². The van der Waals surface area contributed by atoms with Gasteiger partial charge in [-0.15, -0.1) is 0 Å². The highest BCUT2D eigenvalue weighted by Gasteiger charge is 2.23. The molecule has 0 radical (unpaired) electrons. The maximum atomic E-state index is 3.90. The molecule has 0 spiro atoms. The first-order chi connectivity index (χ1) is 9.38. The Morgan fingerprint density at radius 3 is 2.11 bits per heavy atom. The van der Waals surface area contributed by atoms with Gasteiger partial charge in [-0.1, -0.05) is 71.6 Å². The molecule has 1 unspecified atom stereocenters. The summed E-state index contributed by atoms with van der Waals surface area (Å²) in [5.41, 5.74) is 0. The number of hydrogen-bond donors (Lipinski definition) is 1. The smallest absolute Gasteiger partial charge is 0.00953 e. The summed E-state index contributed by atoms with van der Waals surface area (Å²) in [5, 5.41) is 3.90. The van der Waals surface area contributed by atoms with Gasteiger partial charge in [-0.05, 0) is 38.1 Å². The maximum Gasteiger partial charge on any atom is 0.00953 e. The van der Waals surface area contributed by atoms with E-state index in [0.717, 1.165) is 12.0 Å². The molecule has 1 aliphatic carbocycles. The minimum absolute atomic E-state index is 0.834. The van der Waals surface area contributed by atoms with Crippen molar-refractivity contribution >= 4 is 0 Å². The van der Waals surface area contributed by atoms with Crippen molar-refractivity contribution in [1.29, 1.82) is 0 Å². The van der Waals surface area contributed by atoms with Crippen LogP contribution in [0, 0.1) is 5.92 Å². The highest BCUT2D eigenvalue weighted by atomic mass is 14.9. The second-order valence-corrected chi connectivity index (χ2v) is 6.52. The molecule has 1 saturated carbocycles. The van der Waals surface area contributed by atoms with Crippen LogP contribution in [0.25, 0.3) is 0 Å². The average Bonchev–Trinajstić information content (AvgIpc) is 2.95. The molecule has 0 heterocycles. The Morgan fingerprint density at radius 1 is 0.842 bits per heavy atom. The van der Waals surface area contributed by atoms with Crippen LogP contribution in [-0.2, 0) is 0 Å². The van der Waals surface area contributed by atoms with E-state index in [4.69, 9.17) is 0 Å². The van der Waals surface area contributed by atoms with Gasteiger partial charge in [0.1, 0.15) is 0 Å². The van der Waals surface area contributed by atoms with Gasteiger partial charge in [-0.25, -0.2) is 0 Å². The molecule has 0 saturated heterocycles. The van der Waals surface area contributed by atoms with E-state index in [2.05, 4.69) is 19.2 Å². The van der Waals surface area contributed by atoms with Gasteiger partial charge < -0.3 is 5.32 Å². The third-order valence-corrected chi connectivity index (χ3v) is 4.77. The van der Waals surface area contributed by atoms with Crippen LogP contribution in [0.5, 0.6) is 0 Å². The van der Waals surface area contributed by atoms with Crippen molar-refractivity contribution in [2.24, 2.45) is 5.92 Å². The van der Waals surface area contributed by atoms with E-state index in [1.165, 1.54) is 90.0 Å². The zero-order chi connectivity index (χ0) is 13.8. The lowest BCUT2D eigenvalue weighted by Gasteiger charge is -2.25. The molecular formula is C18H37N. The zero-order valence-corrected chi connectivity index (χ0v) is 13.6. The SMILES string of the molecule is CCCCCCNC(CCCCCC)C1CCCC1. The first kappa shape index (κ1) is 17.0. The van der Waals surface area contributed by atoms with Crippen molar-refractivity contribution in [3.8, 4) is 0 Å². The molecule has 0 aromatic rings. The molecule has 1 heteroatoms. The Balaban J connectivity index is 2.16. The van der Waals surface area contributed by atoms with Gasteiger partial charge in [-0.2, -0.15) is 0 Å². The summed E-state index contributed by atoms with van der Waals surface area (Å²) in [6.45, 7) is 5.86. The van der Waals surface area contributed by atoms with Crippen molar-refractivity contribution < 1.29 is 0 Å². The molecule has 114 valence electrons. The van der Waals surface area contributed by atoms with Crippen LogP contribution in [0.15, 0.2) is 0 Å². The number of rotatable bonds is 12. The first-order valence-electron chi connectivity index (χ1n) is 9.11. The quantitative estimate of drug-likeness (QED) is 0.448. The van der Waals surface area contributed by atoms with Crippen molar-refractivity contribution in [2.45, 2.75) is 103 Å². The van der Waals surface area contributed by atoms with Gasteiger partial charge >= 0.3 is 0 Å². The Hall–Kier alpha value is -0.0400. The normalized spacial score (nSPS) is 18.0. The lowest BCUT2D eigenvalue weighted by atomic mass is 9.93. The van der Waals surface area contributed by atoms with Crippen molar-refractivity contribution in [3.05, 3.63) is 0 Å². The van der Waals surface area contributed by atoms with E-state index in [1.807, 2.05) is 0 Å². The van der Waals surface area contributed by atoms with E-state index in [0.29, 0.717) is 0 Å². The molecule has 1 fully saturated rings. The fourth-order valence-electron chi connectivity index (χ4n) is 3.49. The molecule has 1 atom stereocenters. The molecule has 0 amide bonds. The van der Waals surface area contributed by atoms with Crippen LogP contribution in [0.4, 0.5) is 0 Å². The lowest BCUT2D eigenvalue weighted by Crippen LogP contribution is -2.35. The summed E-state index contributed by atoms with van der Waals surface area (Å²) >= 11 is 0. The van der Waals surface area contributed by atoms with Crippen LogP contribution in [0.3, 0.4) is 0 Å². The van der Waals surface area contributed by atoms with Gasteiger partial charge in [-0.3, -0.25) is 0 Å². The van der Waals surface area contributed by atoms with Crippen molar-refractivity contribution in [2.75, 3.05) is 6.54 Å². The largest absolute Gasteiger partial charge is 0.314 e. The summed E-state index contributed by atoms with van der Waals surface area (Å²) in [5.74, 6) is 0.993. The molecule has 0 aromatic carbocycles. The summed E-state index contributed by atoms with van der Waals surface area (Å²) in [4.78, 5) is 0. The monoisotopic (exact) mass is 267 g/mol. The van der Waals surface area contributed by atoms with Crippen molar-refractivity contribution in [3.63, 3.8) is 0 Å². The average molecular weight is 268 g/mol. The van der Waals surface area contributed by atoms with Crippen LogP contribution in [0.2, 0.25) is 0 Å². The Morgan fingerprint density at radius 2 is 1.47 bits per heavy atom. The number of hydrogen-bond acceptors (Lipinski definition) is 1. The highest BCUT2D eigenvalue weighted by molar-refractivity contribution is 4.80. The predicted molar refractivity (Wildman–Crippen MR) is 86.6 cm³/mol. The topological polar surface area (TPSA) is 12.0 Å². The third-order valence-electron chi connectivity index (χ3n) is 4.77. The molecular weight excluding hydrogens is 230 g/mol. The van der Waals surface area contributed by atoms with Crippen LogP contribution in [0.1, 0.15) is 97.3 Å². The van der Waals surface area contributed by atoms with Gasteiger partial charge in [0.15, 0.2) is 0 Å². The second kappa shape index (κ2) is 11.8. The fourth-order valence-corrected chi connectivity index (χ4v) is 3.49. The second-order valence-electron chi connectivity index (χ2n) is 6.52. The van der Waals surface area contributed by atoms with Crippen LogP contribution < -0.4 is 5.32 Å². The van der Waals surface area contributed by atoms with E-state index in [-0.39, 0.29) is 0 Å². The van der Waals surface area contributed by atoms with Gasteiger partial charge in [0.05, 0.1) is 0 Å².